The van der Waals surface area contributed by atoms with E-state index >= 15 is 0 Å². The van der Waals surface area contributed by atoms with Crippen LogP contribution in [0.4, 0.5) is 0 Å². The zero-order valence-electron chi connectivity index (χ0n) is 19.0. The highest BCUT2D eigenvalue weighted by atomic mass is 13.7. The van der Waals surface area contributed by atoms with Crippen LogP contribution in [0.15, 0.2) is 59.8 Å². The van der Waals surface area contributed by atoms with Gasteiger partial charge in [0.05, 0.1) is 0 Å². The van der Waals surface area contributed by atoms with E-state index in [0.717, 1.165) is 12.8 Å². The highest BCUT2D eigenvalue weighted by molar-refractivity contribution is 4.89. The van der Waals surface area contributed by atoms with Crippen molar-refractivity contribution in [3.05, 3.63) is 59.8 Å². The molecule has 0 bridgehead atoms. The van der Waals surface area contributed by atoms with Crippen LogP contribution in [0.3, 0.4) is 0 Å². The molecule has 0 saturated heterocycles. The van der Waals surface area contributed by atoms with Crippen LogP contribution in [-0.2, 0) is 0 Å². The van der Waals surface area contributed by atoms with Crippen LogP contribution in [0.5, 0.6) is 0 Å². The van der Waals surface area contributed by atoms with Crippen molar-refractivity contribution in [3.8, 4) is 0 Å². The van der Waals surface area contributed by atoms with Crippen molar-refractivity contribution in [2.75, 3.05) is 0 Å². The fraction of sp³-hybridized carbons (Fsp3) is 0.583. The van der Waals surface area contributed by atoms with Gasteiger partial charge in [-0.15, -0.1) is 0 Å². The molecule has 144 valence electrons. The van der Waals surface area contributed by atoms with Crippen molar-refractivity contribution in [3.63, 3.8) is 0 Å². The van der Waals surface area contributed by atoms with Crippen LogP contribution in [0.2, 0.25) is 0 Å². The topological polar surface area (TPSA) is 0 Å². The Morgan fingerprint density at radius 2 is 0.708 bits per heavy atom. The molecule has 0 heterocycles. The quantitative estimate of drug-likeness (QED) is 0.440. The number of rotatable bonds is 2. The summed E-state index contributed by atoms with van der Waals surface area (Å²) in [5.41, 5.74) is 2.76. The van der Waals surface area contributed by atoms with E-state index in [1.54, 1.807) is 0 Å². The van der Waals surface area contributed by atoms with Crippen molar-refractivity contribution in [2.45, 2.75) is 95.9 Å². The number of hydrogen-bond donors (Lipinski definition) is 0. The van der Waals surface area contributed by atoms with Crippen LogP contribution in [0.1, 0.15) is 95.9 Å². The molecule has 0 spiro atoms. The molecule has 0 fully saturated rings. The molecule has 0 atom stereocenters. The Hall–Kier alpha value is -1.30. The first-order chi connectivity index (χ1) is 11.3. The van der Waals surface area contributed by atoms with Crippen LogP contribution < -0.4 is 0 Å². The lowest BCUT2D eigenvalue weighted by molar-refractivity contribution is 1.22. The van der Waals surface area contributed by atoms with E-state index in [1.807, 2.05) is 53.7 Å². The molecule has 0 aromatic carbocycles. The minimum Gasteiger partial charge on any atom is -0.0919 e. The Bertz CT molecular complexity index is 269. The Morgan fingerprint density at radius 1 is 0.500 bits per heavy atom. The first kappa shape index (κ1) is 34.1. The summed E-state index contributed by atoms with van der Waals surface area (Å²) in [6.45, 7) is 24.7. The second-order valence-electron chi connectivity index (χ2n) is 5.35. The summed E-state index contributed by atoms with van der Waals surface area (Å²) in [4.78, 5) is 0. The third-order valence-corrected chi connectivity index (χ3v) is 2.43. The maximum absolute atomic E-state index is 2.12. The van der Waals surface area contributed by atoms with Crippen molar-refractivity contribution < 1.29 is 0 Å². The molecule has 0 heteroatoms. The summed E-state index contributed by atoms with van der Waals surface area (Å²) in [6, 6.07) is 0. The summed E-state index contributed by atoms with van der Waals surface area (Å²) < 4.78 is 0. The smallest absolute Gasteiger partial charge is 0.0379 e. The summed E-state index contributed by atoms with van der Waals surface area (Å²) >= 11 is 0. The van der Waals surface area contributed by atoms with Gasteiger partial charge in [-0.3, -0.25) is 0 Å². The third kappa shape index (κ3) is 135. The minimum atomic E-state index is 1.16. The molecule has 0 rings (SSSR count). The lowest BCUT2D eigenvalue weighted by Crippen LogP contribution is -1.52. The lowest BCUT2D eigenvalue weighted by atomic mass is 10.3. The maximum atomic E-state index is 2.12. The van der Waals surface area contributed by atoms with E-state index in [4.69, 9.17) is 0 Å². The van der Waals surface area contributed by atoms with E-state index in [9.17, 15) is 0 Å². The molecule has 0 aromatic heterocycles. The molecule has 0 aliphatic carbocycles. The summed E-state index contributed by atoms with van der Waals surface area (Å²) in [7, 11) is 0. The predicted molar refractivity (Wildman–Crippen MR) is 121 cm³/mol. The largest absolute Gasteiger partial charge is 0.0919 e. The van der Waals surface area contributed by atoms with Gasteiger partial charge in [-0.05, 0) is 82.1 Å². The SMILES string of the molecule is C/C=C/CC.CC=C(C)C.CC=C(C)C.CC=CC.CC=CCC. The van der Waals surface area contributed by atoms with Crippen molar-refractivity contribution >= 4 is 0 Å². The third-order valence-electron chi connectivity index (χ3n) is 2.43. The van der Waals surface area contributed by atoms with Gasteiger partial charge in [0.25, 0.3) is 0 Å². The lowest BCUT2D eigenvalue weighted by Gasteiger charge is -1.74. The molecule has 0 amide bonds. The molecule has 0 radical (unpaired) electrons. The second-order valence-corrected chi connectivity index (χ2v) is 5.35. The Balaban J connectivity index is -0.0000000628. The highest BCUT2D eigenvalue weighted by Gasteiger charge is 1.61. The molecule has 0 nitrogen and oxygen atoms in total. The summed E-state index contributed by atoms with van der Waals surface area (Å²) in [5, 5.41) is 0. The maximum Gasteiger partial charge on any atom is -0.0379 e. The van der Waals surface area contributed by atoms with E-state index in [0.29, 0.717) is 0 Å². The molecule has 0 aliphatic heterocycles. The van der Waals surface area contributed by atoms with Crippen LogP contribution in [0.25, 0.3) is 0 Å². The fourth-order valence-corrected chi connectivity index (χ4v) is 0.471. The van der Waals surface area contributed by atoms with E-state index in [1.165, 1.54) is 11.1 Å². The number of allylic oxidation sites excluding steroid dienone is 10. The van der Waals surface area contributed by atoms with Crippen molar-refractivity contribution in [1.82, 2.24) is 0 Å². The zero-order valence-corrected chi connectivity index (χ0v) is 19.0. The average molecular weight is 337 g/mol. The molecule has 0 saturated carbocycles. The Kier molecular flexibility index (Phi) is 61.2. The van der Waals surface area contributed by atoms with Crippen molar-refractivity contribution in [1.29, 1.82) is 0 Å². The summed E-state index contributed by atoms with van der Waals surface area (Å²) in [6.07, 6.45) is 18.9. The Morgan fingerprint density at radius 3 is 0.708 bits per heavy atom. The molecule has 0 N–H and O–H groups in total. The highest BCUT2D eigenvalue weighted by Crippen LogP contribution is 1.83. The molecule has 0 unspecified atom stereocenters. The van der Waals surface area contributed by atoms with Gasteiger partial charge in [0.1, 0.15) is 0 Å². The van der Waals surface area contributed by atoms with E-state index < -0.39 is 0 Å². The standard InChI is InChI=1S/4C5H10.C4H8/c2*1-4-5(2)3;2*1-3-5-4-2;1-3-4-2/h2*4H,1-3H3;2*3,5H,4H2,1-2H3;3-4H,1-2H3/b;;5-3+;;. The van der Waals surface area contributed by atoms with Gasteiger partial charge in [0.2, 0.25) is 0 Å². The van der Waals surface area contributed by atoms with Gasteiger partial charge in [0, 0.05) is 0 Å². The van der Waals surface area contributed by atoms with Gasteiger partial charge < -0.3 is 0 Å². The van der Waals surface area contributed by atoms with Gasteiger partial charge in [0.15, 0.2) is 0 Å². The van der Waals surface area contributed by atoms with E-state index in [-0.39, 0.29) is 0 Å². The molecule has 0 aliphatic rings. The van der Waals surface area contributed by atoms with Gasteiger partial charge in [-0.1, -0.05) is 73.6 Å². The van der Waals surface area contributed by atoms with Crippen LogP contribution in [-0.4, -0.2) is 0 Å². The zero-order chi connectivity index (χ0) is 20.2. The first-order valence-corrected chi connectivity index (χ1v) is 9.27. The monoisotopic (exact) mass is 336 g/mol. The summed E-state index contributed by atoms with van der Waals surface area (Å²) in [5.74, 6) is 0. The average Bonchev–Trinajstić information content (AvgIpc) is 2.58. The molecular formula is C24H48. The minimum absolute atomic E-state index is 1.16. The van der Waals surface area contributed by atoms with Gasteiger partial charge in [-0.25, -0.2) is 0 Å². The Labute approximate surface area is 156 Å². The molecular weight excluding hydrogens is 288 g/mol. The second kappa shape index (κ2) is 43.0. The number of hydrogen-bond acceptors (Lipinski definition) is 0. The normalized spacial score (nSPS) is 8.67. The fourth-order valence-electron chi connectivity index (χ4n) is 0.471. The van der Waals surface area contributed by atoms with Crippen molar-refractivity contribution in [2.24, 2.45) is 0 Å². The van der Waals surface area contributed by atoms with Gasteiger partial charge in [-0.2, -0.15) is 0 Å². The first-order valence-electron chi connectivity index (χ1n) is 9.27. The van der Waals surface area contributed by atoms with Gasteiger partial charge >= 0.3 is 0 Å². The van der Waals surface area contributed by atoms with Crippen LogP contribution in [0, 0.1) is 0 Å². The van der Waals surface area contributed by atoms with E-state index in [2.05, 4.69) is 78.0 Å². The molecule has 0 aromatic rings. The van der Waals surface area contributed by atoms with Crippen LogP contribution >= 0.6 is 0 Å². The molecule has 24 heavy (non-hydrogen) atoms. The predicted octanol–water partition coefficient (Wildman–Crippen LogP) is 9.47.